The first kappa shape index (κ1) is 24.6. The predicted molar refractivity (Wildman–Crippen MR) is 138 cm³/mol. The van der Waals surface area contributed by atoms with Crippen molar-refractivity contribution >= 4 is 5.69 Å². The van der Waals surface area contributed by atoms with Crippen molar-refractivity contribution in [2.75, 3.05) is 32.1 Å². The highest BCUT2D eigenvalue weighted by molar-refractivity contribution is 5.53. The van der Waals surface area contributed by atoms with Crippen LogP contribution in [-0.4, -0.2) is 37.2 Å². The number of hydrogen-bond acceptors (Lipinski definition) is 3. The van der Waals surface area contributed by atoms with E-state index >= 15 is 0 Å². The van der Waals surface area contributed by atoms with Gasteiger partial charge in [-0.1, -0.05) is 60.6 Å². The molecule has 0 spiro atoms. The van der Waals surface area contributed by atoms with Gasteiger partial charge in [0.15, 0.2) is 0 Å². The first-order valence-electron chi connectivity index (χ1n) is 12.2. The lowest BCUT2D eigenvalue weighted by molar-refractivity contribution is 0.157. The second-order valence-electron chi connectivity index (χ2n) is 12.1. The number of hydrogen-bond donors (Lipinski definition) is 1. The van der Waals surface area contributed by atoms with E-state index < -0.39 is 0 Å². The van der Waals surface area contributed by atoms with Crippen molar-refractivity contribution in [2.24, 2.45) is 5.92 Å². The molecular formula is C29H44N2O. The van der Waals surface area contributed by atoms with Crippen LogP contribution in [0.25, 0.3) is 0 Å². The molecule has 2 aromatic carbocycles. The Hall–Kier alpha value is -2.00. The summed E-state index contributed by atoms with van der Waals surface area (Å²) in [6.07, 6.45) is 2.48. The molecule has 3 heteroatoms. The molecule has 0 bridgehead atoms. The molecule has 176 valence electrons. The summed E-state index contributed by atoms with van der Waals surface area (Å²) in [5.74, 6) is 1.25. The summed E-state index contributed by atoms with van der Waals surface area (Å²) in [5.41, 5.74) is 5.67. The van der Waals surface area contributed by atoms with Crippen LogP contribution in [0.15, 0.2) is 36.4 Å². The Labute approximate surface area is 196 Å². The number of rotatable bonds is 4. The number of phenols is 1. The third-order valence-corrected chi connectivity index (χ3v) is 6.97. The van der Waals surface area contributed by atoms with Crippen LogP contribution in [0.5, 0.6) is 5.75 Å². The molecule has 0 saturated carbocycles. The summed E-state index contributed by atoms with van der Waals surface area (Å²) in [6.45, 7) is 17.8. The van der Waals surface area contributed by atoms with E-state index in [0.717, 1.165) is 30.1 Å². The van der Waals surface area contributed by atoms with E-state index in [1.165, 1.54) is 29.7 Å². The van der Waals surface area contributed by atoms with Gasteiger partial charge in [-0.3, -0.25) is 4.90 Å². The highest BCUT2D eigenvalue weighted by Crippen LogP contribution is 2.43. The standard InChI is InChI=1S/C29H44N2O/c1-20-14-16-31(17-15-20)26(21-10-12-23(13-11-21)30(8)9)22-18-24(28(2,3)4)27(32)25(19-22)29(5,6)7/h10-13,18-20,26,32H,14-17H2,1-9H3. The van der Waals surface area contributed by atoms with Crippen LogP contribution in [0.3, 0.4) is 0 Å². The lowest BCUT2D eigenvalue weighted by Crippen LogP contribution is -2.37. The lowest BCUT2D eigenvalue weighted by Gasteiger charge is -2.39. The molecule has 1 heterocycles. The zero-order chi connectivity index (χ0) is 23.8. The third-order valence-electron chi connectivity index (χ3n) is 6.97. The minimum atomic E-state index is -0.129. The first-order chi connectivity index (χ1) is 14.8. The van der Waals surface area contributed by atoms with Crippen molar-refractivity contribution in [1.29, 1.82) is 0 Å². The Bertz CT molecular complexity index is 873. The monoisotopic (exact) mass is 436 g/mol. The zero-order valence-corrected chi connectivity index (χ0v) is 21.8. The second-order valence-corrected chi connectivity index (χ2v) is 12.1. The number of phenolic OH excluding ortho intramolecular Hbond substituents is 1. The molecule has 1 fully saturated rings. The lowest BCUT2D eigenvalue weighted by atomic mass is 9.77. The second kappa shape index (κ2) is 9.09. The molecule has 3 nitrogen and oxygen atoms in total. The number of anilines is 1. The van der Waals surface area contributed by atoms with E-state index in [2.05, 4.69) is 109 Å². The maximum absolute atomic E-state index is 11.3. The largest absolute Gasteiger partial charge is 0.507 e. The third kappa shape index (κ3) is 5.31. The Morgan fingerprint density at radius 3 is 1.72 bits per heavy atom. The Kier molecular flexibility index (Phi) is 7.00. The van der Waals surface area contributed by atoms with Gasteiger partial charge in [-0.2, -0.15) is 0 Å². The molecule has 0 radical (unpaired) electrons. The highest BCUT2D eigenvalue weighted by Gasteiger charge is 2.31. The van der Waals surface area contributed by atoms with Gasteiger partial charge in [0.2, 0.25) is 0 Å². The van der Waals surface area contributed by atoms with Gasteiger partial charge < -0.3 is 10.0 Å². The fourth-order valence-electron chi connectivity index (χ4n) is 4.81. The van der Waals surface area contributed by atoms with Gasteiger partial charge in [0, 0.05) is 19.8 Å². The molecular weight excluding hydrogens is 392 g/mol. The minimum Gasteiger partial charge on any atom is -0.507 e. The zero-order valence-electron chi connectivity index (χ0n) is 21.8. The fourth-order valence-corrected chi connectivity index (χ4v) is 4.81. The van der Waals surface area contributed by atoms with Gasteiger partial charge in [0.05, 0.1) is 6.04 Å². The van der Waals surface area contributed by atoms with E-state index in [1.54, 1.807) is 0 Å². The molecule has 2 aromatic rings. The van der Waals surface area contributed by atoms with Gasteiger partial charge >= 0.3 is 0 Å². The number of benzene rings is 2. The fraction of sp³-hybridized carbons (Fsp3) is 0.586. The quantitative estimate of drug-likeness (QED) is 0.566. The van der Waals surface area contributed by atoms with Gasteiger partial charge in [0.25, 0.3) is 0 Å². The van der Waals surface area contributed by atoms with Crippen molar-refractivity contribution < 1.29 is 5.11 Å². The van der Waals surface area contributed by atoms with Crippen LogP contribution in [0.1, 0.15) is 89.6 Å². The van der Waals surface area contributed by atoms with Crippen LogP contribution in [-0.2, 0) is 10.8 Å². The smallest absolute Gasteiger partial charge is 0.123 e. The summed E-state index contributed by atoms with van der Waals surface area (Å²) in [7, 11) is 4.17. The summed E-state index contributed by atoms with van der Waals surface area (Å²) in [4.78, 5) is 4.80. The van der Waals surface area contributed by atoms with Crippen LogP contribution in [0.2, 0.25) is 0 Å². The van der Waals surface area contributed by atoms with Crippen LogP contribution < -0.4 is 4.90 Å². The Balaban J connectivity index is 2.19. The maximum atomic E-state index is 11.3. The van der Waals surface area contributed by atoms with Crippen molar-refractivity contribution in [2.45, 2.75) is 78.2 Å². The summed E-state index contributed by atoms with van der Waals surface area (Å²) < 4.78 is 0. The number of likely N-dealkylation sites (tertiary alicyclic amines) is 1. The predicted octanol–water partition coefficient (Wildman–Crippen LogP) is 6.87. The number of aromatic hydroxyl groups is 1. The number of piperidine rings is 1. The van der Waals surface area contributed by atoms with Crippen molar-refractivity contribution in [3.05, 3.63) is 58.7 Å². The van der Waals surface area contributed by atoms with E-state index in [4.69, 9.17) is 0 Å². The average Bonchev–Trinajstić information content (AvgIpc) is 2.69. The molecule has 1 unspecified atom stereocenters. The molecule has 1 N–H and O–H groups in total. The SMILES string of the molecule is CC1CCN(C(c2ccc(N(C)C)cc2)c2cc(C(C)(C)C)c(O)c(C(C)(C)C)c2)CC1. The van der Waals surface area contributed by atoms with Crippen LogP contribution in [0, 0.1) is 5.92 Å². The van der Waals surface area contributed by atoms with Gasteiger partial charge in [-0.05, 0) is 89.2 Å². The molecule has 0 aliphatic carbocycles. The van der Waals surface area contributed by atoms with Crippen LogP contribution >= 0.6 is 0 Å². The molecule has 0 amide bonds. The van der Waals surface area contributed by atoms with E-state index in [9.17, 15) is 5.11 Å². The Morgan fingerprint density at radius 1 is 0.844 bits per heavy atom. The maximum Gasteiger partial charge on any atom is 0.123 e. The molecule has 3 rings (SSSR count). The van der Waals surface area contributed by atoms with Crippen molar-refractivity contribution in [3.63, 3.8) is 0 Å². The molecule has 1 aliphatic rings. The topological polar surface area (TPSA) is 26.7 Å². The van der Waals surface area contributed by atoms with E-state index in [0.29, 0.717) is 5.75 Å². The number of nitrogens with zero attached hydrogens (tertiary/aromatic N) is 2. The summed E-state index contributed by atoms with van der Waals surface area (Å²) >= 11 is 0. The minimum absolute atomic E-state index is 0.129. The first-order valence-corrected chi connectivity index (χ1v) is 12.2. The van der Waals surface area contributed by atoms with Gasteiger partial charge in [-0.15, -0.1) is 0 Å². The molecule has 32 heavy (non-hydrogen) atoms. The van der Waals surface area contributed by atoms with Crippen molar-refractivity contribution in [3.8, 4) is 5.75 Å². The molecule has 1 saturated heterocycles. The van der Waals surface area contributed by atoms with Crippen LogP contribution in [0.4, 0.5) is 5.69 Å². The summed E-state index contributed by atoms with van der Waals surface area (Å²) in [5, 5.41) is 11.3. The summed E-state index contributed by atoms with van der Waals surface area (Å²) in [6, 6.07) is 13.8. The van der Waals surface area contributed by atoms with E-state index in [1.807, 2.05) is 0 Å². The molecule has 0 aromatic heterocycles. The highest BCUT2D eigenvalue weighted by atomic mass is 16.3. The van der Waals surface area contributed by atoms with Crippen molar-refractivity contribution in [1.82, 2.24) is 4.90 Å². The molecule has 1 atom stereocenters. The average molecular weight is 437 g/mol. The molecule has 1 aliphatic heterocycles. The van der Waals surface area contributed by atoms with Gasteiger partial charge in [-0.25, -0.2) is 0 Å². The normalized spacial score (nSPS) is 17.4. The van der Waals surface area contributed by atoms with Gasteiger partial charge in [0.1, 0.15) is 5.75 Å². The Morgan fingerprint density at radius 2 is 1.31 bits per heavy atom. The van der Waals surface area contributed by atoms with E-state index in [-0.39, 0.29) is 16.9 Å².